The molecule has 1 aromatic carbocycles. The molecule has 2 aromatic rings. The zero-order valence-corrected chi connectivity index (χ0v) is 15.6. The number of aryl methyl sites for hydroxylation is 2. The predicted molar refractivity (Wildman–Crippen MR) is 96.0 cm³/mol. The lowest BCUT2D eigenvalue weighted by Crippen LogP contribution is -2.30. The number of nitrogens with one attached hydrogen (secondary N) is 1. The van der Waals surface area contributed by atoms with E-state index < -0.39 is 0 Å². The van der Waals surface area contributed by atoms with Crippen molar-refractivity contribution < 1.29 is 14.3 Å². The molecule has 3 rings (SSSR count). The van der Waals surface area contributed by atoms with Crippen LogP contribution in [0, 0.1) is 20.8 Å². The predicted octanol–water partition coefficient (Wildman–Crippen LogP) is 2.93. The van der Waals surface area contributed by atoms with Gasteiger partial charge in [-0.25, -0.2) is 9.97 Å². The number of aromatic nitrogens is 2. The number of amides is 1. The van der Waals surface area contributed by atoms with Gasteiger partial charge in [0.25, 0.3) is 0 Å². The van der Waals surface area contributed by atoms with E-state index in [2.05, 4.69) is 15.3 Å². The van der Waals surface area contributed by atoms with Crippen molar-refractivity contribution in [1.29, 1.82) is 0 Å². The molecule has 1 aliphatic rings. The van der Waals surface area contributed by atoms with Crippen LogP contribution in [0.5, 0.6) is 11.5 Å². The molecule has 132 valence electrons. The first-order valence-electron chi connectivity index (χ1n) is 8.09. The summed E-state index contributed by atoms with van der Waals surface area (Å²) in [5.74, 6) is 1.40. The third-order valence-electron chi connectivity index (χ3n) is 4.17. The topological polar surface area (TPSA) is 73.3 Å². The summed E-state index contributed by atoms with van der Waals surface area (Å²) in [5.41, 5.74) is 3.95. The number of carbonyl (C=O) groups is 1. The van der Waals surface area contributed by atoms with Gasteiger partial charge >= 0.3 is 0 Å². The van der Waals surface area contributed by atoms with Crippen molar-refractivity contribution in [1.82, 2.24) is 15.3 Å². The lowest BCUT2D eigenvalue weighted by atomic mass is 10.2. The Kier molecular flexibility index (Phi) is 5.13. The fraction of sp³-hybridized carbons (Fsp3) is 0.389. The molecule has 7 heteroatoms. The molecule has 1 aliphatic heterocycles. The van der Waals surface area contributed by atoms with Gasteiger partial charge in [0.2, 0.25) is 12.7 Å². The molecule has 6 nitrogen and oxygen atoms in total. The zero-order chi connectivity index (χ0) is 18.0. The molecular weight excluding hydrogens is 338 g/mol. The summed E-state index contributed by atoms with van der Waals surface area (Å²) in [6, 6.07) is 5.66. The van der Waals surface area contributed by atoms with Gasteiger partial charge in [-0.2, -0.15) is 0 Å². The molecule has 1 amide bonds. The molecule has 1 aromatic heterocycles. The summed E-state index contributed by atoms with van der Waals surface area (Å²) in [4.78, 5) is 21.3. The van der Waals surface area contributed by atoms with Crippen LogP contribution in [-0.2, 0) is 11.3 Å². The second-order valence-electron chi connectivity index (χ2n) is 5.97. The van der Waals surface area contributed by atoms with Gasteiger partial charge in [-0.15, -0.1) is 0 Å². The maximum absolute atomic E-state index is 12.3. The highest BCUT2D eigenvalue weighted by Gasteiger charge is 2.18. The van der Waals surface area contributed by atoms with E-state index in [-0.39, 0.29) is 18.0 Å². The van der Waals surface area contributed by atoms with E-state index in [9.17, 15) is 4.79 Å². The van der Waals surface area contributed by atoms with Crippen LogP contribution >= 0.6 is 11.8 Å². The number of benzene rings is 1. The number of carbonyl (C=O) groups excluding carboxylic acids is 1. The summed E-state index contributed by atoms with van der Waals surface area (Å²) in [5, 5.41) is 3.29. The lowest BCUT2D eigenvalue weighted by molar-refractivity contribution is -0.120. The Labute approximate surface area is 151 Å². The number of nitrogens with zero attached hydrogens (tertiary/aromatic N) is 2. The number of ether oxygens (including phenoxy) is 2. The fourth-order valence-electron chi connectivity index (χ4n) is 2.39. The Morgan fingerprint density at radius 3 is 2.60 bits per heavy atom. The Bertz CT molecular complexity index is 787. The van der Waals surface area contributed by atoms with E-state index in [1.54, 1.807) is 0 Å². The Balaban J connectivity index is 1.57. The van der Waals surface area contributed by atoms with Crippen molar-refractivity contribution in [3.8, 4) is 11.5 Å². The molecule has 0 unspecified atom stereocenters. The molecule has 0 radical (unpaired) electrons. The quantitative estimate of drug-likeness (QED) is 0.654. The first-order valence-corrected chi connectivity index (χ1v) is 8.96. The van der Waals surface area contributed by atoms with Crippen LogP contribution in [0.4, 0.5) is 0 Å². The van der Waals surface area contributed by atoms with E-state index in [0.29, 0.717) is 17.5 Å². The Hall–Kier alpha value is -2.28. The Morgan fingerprint density at radius 1 is 1.20 bits per heavy atom. The molecule has 1 N–H and O–H groups in total. The van der Waals surface area contributed by atoms with Crippen LogP contribution < -0.4 is 14.8 Å². The molecule has 0 saturated carbocycles. The normalized spacial score (nSPS) is 13.6. The van der Waals surface area contributed by atoms with Gasteiger partial charge in [0.05, 0.1) is 5.25 Å². The number of rotatable bonds is 5. The molecular formula is C18H21N3O3S. The second-order valence-corrected chi connectivity index (χ2v) is 7.28. The van der Waals surface area contributed by atoms with Crippen molar-refractivity contribution in [2.45, 2.75) is 44.6 Å². The van der Waals surface area contributed by atoms with E-state index in [1.807, 2.05) is 45.9 Å². The smallest absolute Gasteiger partial charge is 0.233 e. The highest BCUT2D eigenvalue weighted by molar-refractivity contribution is 8.00. The molecule has 1 atom stereocenters. The van der Waals surface area contributed by atoms with Gasteiger partial charge in [0.15, 0.2) is 16.7 Å². The molecule has 2 heterocycles. The first-order chi connectivity index (χ1) is 11.9. The van der Waals surface area contributed by atoms with Crippen LogP contribution in [0.15, 0.2) is 23.4 Å². The highest BCUT2D eigenvalue weighted by Crippen LogP contribution is 2.32. The fourth-order valence-corrected chi connectivity index (χ4v) is 3.28. The lowest BCUT2D eigenvalue weighted by Gasteiger charge is -2.13. The first kappa shape index (κ1) is 17.5. The molecule has 0 fully saturated rings. The summed E-state index contributed by atoms with van der Waals surface area (Å²) in [6.07, 6.45) is 0. The van der Waals surface area contributed by atoms with Gasteiger partial charge in [-0.05, 0) is 51.0 Å². The van der Waals surface area contributed by atoms with Gasteiger partial charge in [-0.3, -0.25) is 4.79 Å². The third-order valence-corrected chi connectivity index (χ3v) is 5.13. The average molecular weight is 359 g/mol. The van der Waals surface area contributed by atoms with E-state index in [1.165, 1.54) is 11.8 Å². The minimum atomic E-state index is -0.282. The minimum Gasteiger partial charge on any atom is -0.454 e. The van der Waals surface area contributed by atoms with E-state index >= 15 is 0 Å². The largest absolute Gasteiger partial charge is 0.454 e. The molecule has 25 heavy (non-hydrogen) atoms. The Morgan fingerprint density at radius 2 is 1.88 bits per heavy atom. The summed E-state index contributed by atoms with van der Waals surface area (Å²) >= 11 is 1.37. The van der Waals surface area contributed by atoms with Crippen molar-refractivity contribution in [2.75, 3.05) is 6.79 Å². The van der Waals surface area contributed by atoms with Crippen molar-refractivity contribution in [3.63, 3.8) is 0 Å². The maximum atomic E-state index is 12.3. The van der Waals surface area contributed by atoms with Crippen LogP contribution in [0.2, 0.25) is 0 Å². The standard InChI is InChI=1S/C18H21N3O3S/c1-10-11(2)20-18(21-12(10)3)25-13(4)17(22)19-8-14-5-6-15-16(7-14)24-9-23-15/h5-7,13H,8-9H2,1-4H3,(H,19,22)/t13-/m0/s1. The zero-order valence-electron chi connectivity index (χ0n) is 14.8. The van der Waals surface area contributed by atoms with E-state index in [4.69, 9.17) is 9.47 Å². The summed E-state index contributed by atoms with van der Waals surface area (Å²) < 4.78 is 10.6. The summed E-state index contributed by atoms with van der Waals surface area (Å²) in [6.45, 7) is 8.45. The minimum absolute atomic E-state index is 0.0536. The maximum Gasteiger partial charge on any atom is 0.233 e. The molecule has 0 bridgehead atoms. The van der Waals surface area contributed by atoms with Crippen molar-refractivity contribution in [2.24, 2.45) is 0 Å². The van der Waals surface area contributed by atoms with Crippen LogP contribution in [0.25, 0.3) is 0 Å². The number of thioether (sulfide) groups is 1. The SMILES string of the molecule is Cc1nc(S[C@@H](C)C(=O)NCc2ccc3c(c2)OCO3)nc(C)c1C. The van der Waals surface area contributed by atoms with Crippen LogP contribution in [-0.4, -0.2) is 27.9 Å². The monoisotopic (exact) mass is 359 g/mol. The second kappa shape index (κ2) is 7.31. The van der Waals surface area contributed by atoms with E-state index in [0.717, 1.165) is 28.3 Å². The molecule has 0 spiro atoms. The number of hydrogen-bond acceptors (Lipinski definition) is 6. The molecule has 0 aliphatic carbocycles. The van der Waals surface area contributed by atoms with Gasteiger partial charge < -0.3 is 14.8 Å². The number of hydrogen-bond donors (Lipinski definition) is 1. The van der Waals surface area contributed by atoms with Gasteiger partial charge in [0.1, 0.15) is 0 Å². The van der Waals surface area contributed by atoms with Crippen molar-refractivity contribution >= 4 is 17.7 Å². The van der Waals surface area contributed by atoms with Crippen LogP contribution in [0.3, 0.4) is 0 Å². The van der Waals surface area contributed by atoms with Crippen molar-refractivity contribution in [3.05, 3.63) is 40.7 Å². The van der Waals surface area contributed by atoms with Gasteiger partial charge in [0, 0.05) is 17.9 Å². The number of fused-ring (bicyclic) bond motifs is 1. The van der Waals surface area contributed by atoms with Gasteiger partial charge in [-0.1, -0.05) is 17.8 Å². The highest BCUT2D eigenvalue weighted by atomic mass is 32.2. The third kappa shape index (κ3) is 4.04. The average Bonchev–Trinajstić information content (AvgIpc) is 3.05. The molecule has 0 saturated heterocycles. The van der Waals surface area contributed by atoms with Crippen LogP contribution in [0.1, 0.15) is 29.4 Å². The summed E-state index contributed by atoms with van der Waals surface area (Å²) in [7, 11) is 0.